The molecule has 2 saturated heterocycles. The van der Waals surface area contributed by atoms with E-state index in [9.17, 15) is 32.1 Å². The Morgan fingerprint density at radius 1 is 1.17 bits per heavy atom. The largest absolute Gasteiger partial charge is 0.366 e. The Kier molecular flexibility index (Phi) is 6.35. The summed E-state index contributed by atoms with van der Waals surface area (Å²) in [5.74, 6) is -3.17. The number of hydrogen-bond acceptors (Lipinski definition) is 6. The third kappa shape index (κ3) is 4.65. The van der Waals surface area contributed by atoms with Crippen molar-refractivity contribution < 1.29 is 26.9 Å². The highest BCUT2D eigenvalue weighted by Gasteiger charge is 2.32. The van der Waals surface area contributed by atoms with Gasteiger partial charge in [-0.1, -0.05) is 0 Å². The maximum absolute atomic E-state index is 12.8. The number of carbonyl (C=O) groups is 1. The average Bonchev–Trinajstić information content (AvgIpc) is 2.69. The van der Waals surface area contributed by atoms with Crippen molar-refractivity contribution in [2.24, 2.45) is 5.92 Å². The number of piperidine rings is 2. The van der Waals surface area contributed by atoms with Crippen molar-refractivity contribution in [1.82, 2.24) is 4.90 Å². The first-order valence-electron chi connectivity index (χ1n) is 9.53. The third-order valence-electron chi connectivity index (χ3n) is 5.56. The minimum absolute atomic E-state index is 0.171. The maximum atomic E-state index is 12.8. The normalized spacial score (nSPS) is 19.1. The fraction of sp³-hybridized carbons (Fsp3) is 0.611. The molecule has 0 radical (unpaired) electrons. The zero-order chi connectivity index (χ0) is 21.2. The number of rotatable bonds is 6. The number of nitrogens with zero attached hydrogens (tertiary/aromatic N) is 3. The zero-order valence-corrected chi connectivity index (χ0v) is 16.6. The molecule has 0 aliphatic carbocycles. The van der Waals surface area contributed by atoms with Gasteiger partial charge in [0.05, 0.1) is 9.82 Å². The van der Waals surface area contributed by atoms with Crippen LogP contribution in [0.15, 0.2) is 23.1 Å². The van der Waals surface area contributed by atoms with Crippen LogP contribution in [0.2, 0.25) is 0 Å². The maximum Gasteiger partial charge on any atom is 0.341 e. The summed E-state index contributed by atoms with van der Waals surface area (Å²) in [5, 5.41) is 11.4. The molecule has 1 aromatic carbocycles. The molecule has 3 rings (SSSR count). The van der Waals surface area contributed by atoms with E-state index in [0.717, 1.165) is 38.3 Å². The van der Waals surface area contributed by atoms with Crippen molar-refractivity contribution >= 4 is 27.1 Å². The molecular weight excluding hydrogens is 408 g/mol. The highest BCUT2D eigenvalue weighted by atomic mass is 32.2. The second-order valence-corrected chi connectivity index (χ2v) is 9.36. The van der Waals surface area contributed by atoms with Gasteiger partial charge in [0, 0.05) is 38.7 Å². The number of benzene rings is 1. The predicted molar refractivity (Wildman–Crippen MR) is 102 cm³/mol. The number of amides is 1. The first-order valence-corrected chi connectivity index (χ1v) is 11.1. The fourth-order valence-corrected chi connectivity index (χ4v) is 4.66. The summed E-state index contributed by atoms with van der Waals surface area (Å²) in [5.41, 5.74) is -0.285. The van der Waals surface area contributed by atoms with Gasteiger partial charge in [-0.15, -0.1) is 0 Å². The molecule has 0 N–H and O–H groups in total. The molecule has 2 heterocycles. The van der Waals surface area contributed by atoms with Crippen LogP contribution in [-0.2, 0) is 14.6 Å². The van der Waals surface area contributed by atoms with Gasteiger partial charge in [0.25, 0.3) is 5.69 Å². The van der Waals surface area contributed by atoms with Crippen LogP contribution in [0.3, 0.4) is 0 Å². The van der Waals surface area contributed by atoms with Crippen LogP contribution in [0, 0.1) is 16.0 Å². The molecule has 160 valence electrons. The van der Waals surface area contributed by atoms with Crippen molar-refractivity contribution in [2.45, 2.75) is 42.8 Å². The lowest BCUT2D eigenvalue weighted by atomic mass is 9.94. The molecule has 0 aromatic heterocycles. The lowest BCUT2D eigenvalue weighted by Crippen LogP contribution is -2.42. The summed E-state index contributed by atoms with van der Waals surface area (Å²) < 4.78 is 48.8. The van der Waals surface area contributed by atoms with Crippen LogP contribution in [0.5, 0.6) is 0 Å². The highest BCUT2D eigenvalue weighted by Crippen LogP contribution is 2.35. The number of nitro benzene ring substituents is 1. The van der Waals surface area contributed by atoms with Crippen LogP contribution >= 0.6 is 0 Å². The van der Waals surface area contributed by atoms with E-state index in [1.54, 1.807) is 4.90 Å². The number of hydrogen-bond donors (Lipinski definition) is 0. The van der Waals surface area contributed by atoms with E-state index in [1.807, 2.05) is 4.90 Å². The first kappa shape index (κ1) is 21.4. The highest BCUT2D eigenvalue weighted by molar-refractivity contribution is 7.91. The number of nitro groups is 1. The van der Waals surface area contributed by atoms with Crippen molar-refractivity contribution in [3.05, 3.63) is 28.3 Å². The Morgan fingerprint density at radius 3 is 2.45 bits per heavy atom. The van der Waals surface area contributed by atoms with Crippen LogP contribution in [0.1, 0.15) is 32.1 Å². The van der Waals surface area contributed by atoms with Crippen LogP contribution < -0.4 is 4.90 Å². The molecule has 0 bridgehead atoms. The number of halogens is 2. The van der Waals surface area contributed by atoms with Gasteiger partial charge in [0.2, 0.25) is 15.7 Å². The van der Waals surface area contributed by atoms with Crippen LogP contribution in [-0.4, -0.2) is 56.1 Å². The van der Waals surface area contributed by atoms with Crippen molar-refractivity contribution in [2.75, 3.05) is 31.1 Å². The van der Waals surface area contributed by atoms with Gasteiger partial charge in [-0.25, -0.2) is 8.42 Å². The van der Waals surface area contributed by atoms with Gasteiger partial charge < -0.3 is 9.80 Å². The molecule has 1 amide bonds. The molecule has 2 aliphatic heterocycles. The van der Waals surface area contributed by atoms with Gasteiger partial charge in [0.15, 0.2) is 0 Å². The molecule has 2 aliphatic rings. The van der Waals surface area contributed by atoms with Crippen LogP contribution in [0.25, 0.3) is 0 Å². The van der Waals surface area contributed by atoms with Gasteiger partial charge in [-0.2, -0.15) is 8.78 Å². The summed E-state index contributed by atoms with van der Waals surface area (Å²) >= 11 is 0. The minimum atomic E-state index is -4.90. The van der Waals surface area contributed by atoms with E-state index >= 15 is 0 Å². The fourth-order valence-electron chi connectivity index (χ4n) is 3.92. The first-order chi connectivity index (χ1) is 13.7. The summed E-state index contributed by atoms with van der Waals surface area (Å²) in [7, 11) is -4.90. The van der Waals surface area contributed by atoms with E-state index in [0.29, 0.717) is 38.0 Å². The monoisotopic (exact) mass is 431 g/mol. The smallest absolute Gasteiger partial charge is 0.341 e. The lowest BCUT2D eigenvalue weighted by Gasteiger charge is -2.36. The quantitative estimate of drug-likeness (QED) is 0.507. The Hall–Kier alpha value is -2.30. The zero-order valence-electron chi connectivity index (χ0n) is 15.8. The second kappa shape index (κ2) is 8.60. The second-order valence-electron chi connectivity index (χ2n) is 7.44. The predicted octanol–water partition coefficient (Wildman–Crippen LogP) is 2.82. The number of carbonyl (C=O) groups excluding carboxylic acids is 1. The van der Waals surface area contributed by atoms with Gasteiger partial charge >= 0.3 is 5.76 Å². The SMILES string of the molecule is O=C1CCCCN1CC1CCN(c2ccc(S(=O)(=O)C(F)F)cc2[N+](=O)[O-])CC1. The number of anilines is 1. The van der Waals surface area contributed by atoms with E-state index < -0.39 is 31.1 Å². The van der Waals surface area contributed by atoms with E-state index in [-0.39, 0.29) is 11.6 Å². The number of sulfone groups is 1. The Balaban J connectivity index is 1.71. The molecule has 0 unspecified atom stereocenters. The molecule has 0 spiro atoms. The molecule has 0 saturated carbocycles. The Morgan fingerprint density at radius 2 is 1.86 bits per heavy atom. The molecule has 0 atom stereocenters. The summed E-state index contributed by atoms with van der Waals surface area (Å²) in [6, 6.07) is 2.92. The molecule has 2 fully saturated rings. The summed E-state index contributed by atoms with van der Waals surface area (Å²) in [4.78, 5) is 25.5. The standard InChI is InChI=1S/C18H23F2N3O5S/c19-18(20)29(27,28)14-4-5-15(16(11-14)23(25)26)21-9-6-13(7-10-21)12-22-8-2-1-3-17(22)24/h4-5,11,13,18H,1-3,6-10,12H2. The molecule has 1 aromatic rings. The lowest BCUT2D eigenvalue weighted by molar-refractivity contribution is -0.384. The summed E-state index contributed by atoms with van der Waals surface area (Å²) in [6.45, 7) is 2.47. The van der Waals surface area contributed by atoms with Crippen molar-refractivity contribution in [1.29, 1.82) is 0 Å². The van der Waals surface area contributed by atoms with Gasteiger partial charge in [-0.3, -0.25) is 14.9 Å². The topological polar surface area (TPSA) is 101 Å². The van der Waals surface area contributed by atoms with Gasteiger partial charge in [0.1, 0.15) is 5.69 Å². The molecule has 11 heteroatoms. The van der Waals surface area contributed by atoms with Gasteiger partial charge in [-0.05, 0) is 43.7 Å². The number of likely N-dealkylation sites (tertiary alicyclic amines) is 1. The average molecular weight is 431 g/mol. The number of alkyl halides is 2. The van der Waals surface area contributed by atoms with Crippen molar-refractivity contribution in [3.8, 4) is 0 Å². The van der Waals surface area contributed by atoms with E-state index in [2.05, 4.69) is 0 Å². The molecular formula is C18H23F2N3O5S. The molecule has 29 heavy (non-hydrogen) atoms. The Labute approximate surface area is 167 Å². The third-order valence-corrected chi connectivity index (χ3v) is 6.94. The molecule has 8 nitrogen and oxygen atoms in total. The summed E-state index contributed by atoms with van der Waals surface area (Å²) in [6.07, 6.45) is 3.98. The Bertz CT molecular complexity index is 885. The van der Waals surface area contributed by atoms with E-state index in [1.165, 1.54) is 6.07 Å². The van der Waals surface area contributed by atoms with Crippen LogP contribution in [0.4, 0.5) is 20.2 Å². The minimum Gasteiger partial charge on any atom is -0.366 e. The van der Waals surface area contributed by atoms with Crippen molar-refractivity contribution in [3.63, 3.8) is 0 Å². The van der Waals surface area contributed by atoms with E-state index in [4.69, 9.17) is 0 Å².